The van der Waals surface area contributed by atoms with Gasteiger partial charge in [0.25, 0.3) is 5.69 Å². The molecule has 1 aliphatic heterocycles. The van der Waals surface area contributed by atoms with Gasteiger partial charge in [-0.05, 0) is 61.8 Å². The Kier molecular flexibility index (Phi) is 5.83. The molecule has 2 aromatic carbocycles. The number of rotatable bonds is 4. The minimum atomic E-state index is -0.687. The van der Waals surface area contributed by atoms with Crippen molar-refractivity contribution in [3.8, 4) is 22.4 Å². The molecule has 0 aliphatic carbocycles. The van der Waals surface area contributed by atoms with Gasteiger partial charge in [0.2, 0.25) is 0 Å². The van der Waals surface area contributed by atoms with E-state index < -0.39 is 11.6 Å². The second kappa shape index (κ2) is 8.92. The molecule has 0 amide bonds. The van der Waals surface area contributed by atoms with E-state index in [-0.39, 0.29) is 17.3 Å². The molecule has 168 valence electrons. The lowest BCUT2D eigenvalue weighted by molar-refractivity contribution is -0.592. The van der Waals surface area contributed by atoms with E-state index in [2.05, 4.69) is 10.6 Å². The molecule has 0 spiro atoms. The third-order valence-corrected chi connectivity index (χ3v) is 6.25. The van der Waals surface area contributed by atoms with Crippen molar-refractivity contribution < 1.29 is 13.5 Å². The lowest BCUT2D eigenvalue weighted by Crippen LogP contribution is -2.35. The van der Waals surface area contributed by atoms with Crippen molar-refractivity contribution in [2.75, 3.05) is 18.4 Å². The Balaban J connectivity index is 1.77. The SMILES string of the molecule is [O-][n+]1ccc2c(-c3ccc(F)cc3F)cc(NC3CCNCC3)nc2c1-c1ccccc1Cl. The van der Waals surface area contributed by atoms with Crippen LogP contribution in [0.4, 0.5) is 14.6 Å². The van der Waals surface area contributed by atoms with Crippen LogP contribution in [-0.2, 0) is 0 Å². The maximum atomic E-state index is 14.8. The van der Waals surface area contributed by atoms with Crippen molar-refractivity contribution in [1.82, 2.24) is 10.3 Å². The van der Waals surface area contributed by atoms with Crippen LogP contribution in [0.2, 0.25) is 5.02 Å². The molecule has 5 rings (SSSR count). The third-order valence-electron chi connectivity index (χ3n) is 5.92. The summed E-state index contributed by atoms with van der Waals surface area (Å²) in [6.45, 7) is 1.77. The molecule has 5 nitrogen and oxygen atoms in total. The first kappa shape index (κ1) is 21.6. The van der Waals surface area contributed by atoms with Crippen LogP contribution < -0.4 is 15.4 Å². The number of fused-ring (bicyclic) bond motifs is 1. The molecule has 0 radical (unpaired) electrons. The highest BCUT2D eigenvalue weighted by Crippen LogP contribution is 2.37. The van der Waals surface area contributed by atoms with Gasteiger partial charge in [-0.2, -0.15) is 4.73 Å². The highest BCUT2D eigenvalue weighted by atomic mass is 35.5. The fraction of sp³-hybridized carbons (Fsp3) is 0.200. The summed E-state index contributed by atoms with van der Waals surface area (Å²) in [6, 6.07) is 14.0. The van der Waals surface area contributed by atoms with Crippen LogP contribution in [-0.4, -0.2) is 24.1 Å². The molecule has 2 N–H and O–H groups in total. The minimum Gasteiger partial charge on any atom is -0.618 e. The number of hydrogen-bond acceptors (Lipinski definition) is 4. The molecular weight excluding hydrogens is 446 g/mol. The topological polar surface area (TPSA) is 63.9 Å². The molecule has 2 aromatic heterocycles. The largest absolute Gasteiger partial charge is 0.618 e. The quantitative estimate of drug-likeness (QED) is 0.316. The summed E-state index contributed by atoms with van der Waals surface area (Å²) in [4.78, 5) is 4.77. The average molecular weight is 467 g/mol. The van der Waals surface area contributed by atoms with Crippen molar-refractivity contribution >= 4 is 28.3 Å². The summed E-state index contributed by atoms with van der Waals surface area (Å²) < 4.78 is 29.2. The minimum absolute atomic E-state index is 0.189. The molecule has 33 heavy (non-hydrogen) atoms. The van der Waals surface area contributed by atoms with Gasteiger partial charge in [-0.3, -0.25) is 0 Å². The molecular formula is C25H21ClF2N4O. The summed E-state index contributed by atoms with van der Waals surface area (Å²) in [7, 11) is 0. The number of nitrogens with zero attached hydrogens (tertiary/aromatic N) is 2. The molecule has 1 saturated heterocycles. The zero-order valence-electron chi connectivity index (χ0n) is 17.6. The van der Waals surface area contributed by atoms with Gasteiger partial charge in [-0.25, -0.2) is 13.8 Å². The van der Waals surface area contributed by atoms with E-state index >= 15 is 0 Å². The summed E-state index contributed by atoms with van der Waals surface area (Å²) in [5.74, 6) is -0.821. The van der Waals surface area contributed by atoms with Gasteiger partial charge in [-0.1, -0.05) is 23.7 Å². The summed E-state index contributed by atoms with van der Waals surface area (Å²) >= 11 is 6.42. The second-order valence-corrected chi connectivity index (χ2v) is 8.49. The van der Waals surface area contributed by atoms with E-state index in [1.807, 2.05) is 0 Å². The molecule has 4 aromatic rings. The predicted molar refractivity (Wildman–Crippen MR) is 126 cm³/mol. The fourth-order valence-corrected chi connectivity index (χ4v) is 4.53. The number of nitrogens with one attached hydrogen (secondary N) is 2. The van der Waals surface area contributed by atoms with Crippen molar-refractivity contribution in [1.29, 1.82) is 0 Å². The molecule has 0 bridgehead atoms. The lowest BCUT2D eigenvalue weighted by atomic mass is 9.98. The molecule has 1 fully saturated rings. The summed E-state index contributed by atoms with van der Waals surface area (Å²) in [5, 5.41) is 20.6. The summed E-state index contributed by atoms with van der Waals surface area (Å²) in [6.07, 6.45) is 3.18. The number of anilines is 1. The Hall–Kier alpha value is -3.29. The number of hydrogen-bond donors (Lipinski definition) is 2. The van der Waals surface area contributed by atoms with Crippen molar-refractivity contribution in [3.05, 3.63) is 82.7 Å². The Morgan fingerprint density at radius 2 is 1.79 bits per heavy atom. The van der Waals surface area contributed by atoms with E-state index in [0.717, 1.165) is 36.7 Å². The number of piperidine rings is 1. The highest BCUT2D eigenvalue weighted by molar-refractivity contribution is 6.33. The Morgan fingerprint density at radius 1 is 1.00 bits per heavy atom. The van der Waals surface area contributed by atoms with E-state index in [4.69, 9.17) is 16.6 Å². The van der Waals surface area contributed by atoms with Gasteiger partial charge in [-0.15, -0.1) is 0 Å². The van der Waals surface area contributed by atoms with Gasteiger partial charge in [0, 0.05) is 29.1 Å². The first-order valence-corrected chi connectivity index (χ1v) is 11.1. The van der Waals surface area contributed by atoms with Crippen molar-refractivity contribution in [2.24, 2.45) is 0 Å². The van der Waals surface area contributed by atoms with Gasteiger partial charge in [0.15, 0.2) is 6.20 Å². The maximum absolute atomic E-state index is 14.8. The van der Waals surface area contributed by atoms with Crippen LogP contribution in [0, 0.1) is 16.8 Å². The Labute approximate surface area is 194 Å². The number of pyridine rings is 2. The monoisotopic (exact) mass is 466 g/mol. The van der Waals surface area contributed by atoms with Gasteiger partial charge >= 0.3 is 0 Å². The number of halogens is 3. The number of aromatic nitrogens is 2. The van der Waals surface area contributed by atoms with E-state index in [9.17, 15) is 14.0 Å². The maximum Gasteiger partial charge on any atom is 0.251 e. The predicted octanol–water partition coefficient (Wildman–Crippen LogP) is 5.30. The van der Waals surface area contributed by atoms with Gasteiger partial charge in [0.05, 0.1) is 10.6 Å². The zero-order valence-corrected chi connectivity index (χ0v) is 18.4. The van der Waals surface area contributed by atoms with Crippen LogP contribution in [0.1, 0.15) is 12.8 Å². The smallest absolute Gasteiger partial charge is 0.251 e. The Morgan fingerprint density at radius 3 is 2.55 bits per heavy atom. The zero-order chi connectivity index (χ0) is 22.9. The number of benzene rings is 2. The van der Waals surface area contributed by atoms with Gasteiger partial charge < -0.3 is 15.8 Å². The van der Waals surface area contributed by atoms with Crippen LogP contribution in [0.15, 0.2) is 60.8 Å². The van der Waals surface area contributed by atoms with Crippen LogP contribution >= 0.6 is 11.6 Å². The molecule has 0 atom stereocenters. The van der Waals surface area contributed by atoms with E-state index in [0.29, 0.717) is 32.9 Å². The molecule has 0 unspecified atom stereocenters. The average Bonchev–Trinajstić information content (AvgIpc) is 2.80. The molecule has 3 heterocycles. The normalized spacial score (nSPS) is 14.5. The third kappa shape index (κ3) is 4.21. The van der Waals surface area contributed by atoms with Crippen LogP contribution in [0.25, 0.3) is 33.3 Å². The first-order valence-electron chi connectivity index (χ1n) is 10.8. The summed E-state index contributed by atoms with van der Waals surface area (Å²) in [5.41, 5.74) is 1.93. The molecule has 8 heteroatoms. The van der Waals surface area contributed by atoms with E-state index in [1.54, 1.807) is 36.4 Å². The highest BCUT2D eigenvalue weighted by Gasteiger charge is 2.23. The Bertz CT molecular complexity index is 1340. The molecule has 1 aliphatic rings. The van der Waals surface area contributed by atoms with E-state index in [1.165, 1.54) is 18.3 Å². The van der Waals surface area contributed by atoms with Crippen LogP contribution in [0.3, 0.4) is 0 Å². The van der Waals surface area contributed by atoms with Gasteiger partial charge in [0.1, 0.15) is 23.0 Å². The van der Waals surface area contributed by atoms with Crippen molar-refractivity contribution in [3.63, 3.8) is 0 Å². The first-order chi connectivity index (χ1) is 16.0. The molecule has 0 saturated carbocycles. The van der Waals surface area contributed by atoms with Crippen LogP contribution in [0.5, 0.6) is 0 Å². The van der Waals surface area contributed by atoms with Crippen molar-refractivity contribution in [2.45, 2.75) is 18.9 Å². The fourth-order valence-electron chi connectivity index (χ4n) is 4.30. The second-order valence-electron chi connectivity index (χ2n) is 8.08. The standard InChI is InChI=1S/C25H21ClF2N4O/c26-21-4-2-1-3-19(21)25-24-18(9-12-32(25)33)20(17-6-5-15(27)13-22(17)28)14-23(31-24)30-16-7-10-29-11-8-16/h1-6,9,12-14,16,29H,7-8,10-11H2,(H,30,31). The lowest BCUT2D eigenvalue weighted by Gasteiger charge is -2.24.